The summed E-state index contributed by atoms with van der Waals surface area (Å²) in [5, 5.41) is 2.64. The van der Waals surface area contributed by atoms with Crippen LogP contribution in [0.2, 0.25) is 0 Å². The lowest BCUT2D eigenvalue weighted by Gasteiger charge is -2.20. The molecule has 2 nitrogen and oxygen atoms in total. The van der Waals surface area contributed by atoms with Gasteiger partial charge in [-0.2, -0.15) is 13.2 Å². The Morgan fingerprint density at radius 3 is 2.56 bits per heavy atom. The van der Waals surface area contributed by atoms with Crippen LogP contribution in [0.3, 0.4) is 0 Å². The molecule has 3 N–H and O–H groups in total. The summed E-state index contributed by atoms with van der Waals surface area (Å²) in [6, 6.07) is 7.45. The van der Waals surface area contributed by atoms with Crippen molar-refractivity contribution in [1.82, 2.24) is 5.32 Å². The first-order chi connectivity index (χ1) is 8.43. The van der Waals surface area contributed by atoms with Gasteiger partial charge >= 0.3 is 6.18 Å². The molecule has 1 saturated carbocycles. The van der Waals surface area contributed by atoms with Gasteiger partial charge in [-0.15, -0.1) is 0 Å². The van der Waals surface area contributed by atoms with E-state index in [0.717, 1.165) is 12.0 Å². The van der Waals surface area contributed by atoms with Crippen molar-refractivity contribution in [2.45, 2.75) is 37.4 Å². The Morgan fingerprint density at radius 2 is 2.00 bits per heavy atom. The van der Waals surface area contributed by atoms with E-state index in [-0.39, 0.29) is 12.8 Å². The minimum Gasteiger partial charge on any atom is -0.399 e. The molecule has 0 spiro atoms. The number of aryl methyl sites for hydroxylation is 1. The molecule has 0 heterocycles. The summed E-state index contributed by atoms with van der Waals surface area (Å²) in [7, 11) is 0. The fraction of sp³-hybridized carbons (Fsp3) is 0.538. The average Bonchev–Trinajstić information content (AvgIpc) is 3.05. The summed E-state index contributed by atoms with van der Waals surface area (Å²) in [4.78, 5) is 0. The second-order valence-corrected chi connectivity index (χ2v) is 4.86. The predicted molar refractivity (Wildman–Crippen MR) is 65.2 cm³/mol. The molecule has 0 saturated heterocycles. The number of nitrogens with one attached hydrogen (secondary N) is 1. The highest BCUT2D eigenvalue weighted by molar-refractivity contribution is 5.40. The van der Waals surface area contributed by atoms with E-state index < -0.39 is 11.7 Å². The Labute approximate surface area is 104 Å². The first-order valence-electron chi connectivity index (χ1n) is 6.09. The Balaban J connectivity index is 1.74. The summed E-state index contributed by atoms with van der Waals surface area (Å²) >= 11 is 0. The molecule has 0 aliphatic heterocycles. The molecule has 0 atom stereocenters. The van der Waals surface area contributed by atoms with Gasteiger partial charge in [-0.1, -0.05) is 12.1 Å². The number of halogens is 3. The summed E-state index contributed by atoms with van der Waals surface area (Å²) in [5.74, 6) is 0. The van der Waals surface area contributed by atoms with E-state index in [9.17, 15) is 13.2 Å². The Bertz CT molecular complexity index is 411. The maximum absolute atomic E-state index is 12.6. The molecule has 2 rings (SSSR count). The van der Waals surface area contributed by atoms with Gasteiger partial charge in [0, 0.05) is 5.69 Å². The maximum atomic E-state index is 12.6. The lowest BCUT2D eigenvalue weighted by atomic mass is 10.1. The first kappa shape index (κ1) is 13.2. The van der Waals surface area contributed by atoms with Crippen molar-refractivity contribution in [2.75, 3.05) is 12.3 Å². The lowest BCUT2D eigenvalue weighted by molar-refractivity contribution is -0.165. The number of alkyl halides is 3. The van der Waals surface area contributed by atoms with Crippen LogP contribution in [0.4, 0.5) is 18.9 Å². The molecule has 1 aromatic rings. The Kier molecular flexibility index (Phi) is 3.52. The quantitative estimate of drug-likeness (QED) is 0.629. The van der Waals surface area contributed by atoms with Gasteiger partial charge in [0.2, 0.25) is 0 Å². The molecule has 18 heavy (non-hydrogen) atoms. The van der Waals surface area contributed by atoms with E-state index in [1.807, 2.05) is 18.2 Å². The van der Waals surface area contributed by atoms with Crippen LogP contribution >= 0.6 is 0 Å². The number of nitrogen functional groups attached to an aromatic ring is 1. The minimum atomic E-state index is -4.12. The van der Waals surface area contributed by atoms with Gasteiger partial charge in [-0.05, 0) is 49.9 Å². The van der Waals surface area contributed by atoms with Gasteiger partial charge in [0.1, 0.15) is 5.54 Å². The molecular weight excluding hydrogens is 241 g/mol. The topological polar surface area (TPSA) is 38.0 Å². The molecule has 1 aliphatic rings. The van der Waals surface area contributed by atoms with Crippen molar-refractivity contribution < 1.29 is 13.2 Å². The summed E-state index contributed by atoms with van der Waals surface area (Å²) in [5.41, 5.74) is 5.79. The molecule has 0 aromatic heterocycles. The number of anilines is 1. The molecule has 0 unspecified atom stereocenters. The van der Waals surface area contributed by atoms with Gasteiger partial charge < -0.3 is 11.1 Å². The Hall–Kier alpha value is -1.23. The van der Waals surface area contributed by atoms with Crippen molar-refractivity contribution in [3.63, 3.8) is 0 Å². The third kappa shape index (κ3) is 2.96. The average molecular weight is 258 g/mol. The smallest absolute Gasteiger partial charge is 0.399 e. The van der Waals surface area contributed by atoms with E-state index in [0.29, 0.717) is 18.7 Å². The van der Waals surface area contributed by atoms with Crippen molar-refractivity contribution in [1.29, 1.82) is 0 Å². The number of hydrogen-bond donors (Lipinski definition) is 2. The second-order valence-electron chi connectivity index (χ2n) is 4.86. The zero-order chi connectivity index (χ0) is 13.2. The van der Waals surface area contributed by atoms with Crippen LogP contribution in [0.15, 0.2) is 24.3 Å². The molecule has 0 amide bonds. The number of rotatable bonds is 5. The van der Waals surface area contributed by atoms with Crippen LogP contribution in [-0.4, -0.2) is 18.3 Å². The van der Waals surface area contributed by atoms with Crippen LogP contribution in [0, 0.1) is 0 Å². The van der Waals surface area contributed by atoms with E-state index >= 15 is 0 Å². The van der Waals surface area contributed by atoms with Crippen molar-refractivity contribution in [2.24, 2.45) is 0 Å². The minimum absolute atomic E-state index is 0.203. The molecule has 100 valence electrons. The molecule has 1 aromatic carbocycles. The SMILES string of the molecule is Nc1cccc(CCCNC2(C(F)(F)F)CC2)c1. The number of hydrogen-bond acceptors (Lipinski definition) is 2. The molecule has 5 heteroatoms. The summed E-state index contributed by atoms with van der Waals surface area (Å²) < 4.78 is 37.9. The van der Waals surface area contributed by atoms with Gasteiger partial charge in [0.25, 0.3) is 0 Å². The molecule has 0 radical (unpaired) electrons. The van der Waals surface area contributed by atoms with Crippen LogP contribution < -0.4 is 11.1 Å². The third-order valence-electron chi connectivity index (χ3n) is 3.35. The Morgan fingerprint density at radius 1 is 1.28 bits per heavy atom. The fourth-order valence-corrected chi connectivity index (χ4v) is 2.05. The zero-order valence-corrected chi connectivity index (χ0v) is 10.1. The highest BCUT2D eigenvalue weighted by Crippen LogP contribution is 2.48. The molecule has 1 aliphatic carbocycles. The van der Waals surface area contributed by atoms with Crippen LogP contribution in [-0.2, 0) is 6.42 Å². The highest BCUT2D eigenvalue weighted by Gasteiger charge is 2.62. The maximum Gasteiger partial charge on any atom is 0.406 e. The number of benzene rings is 1. The van der Waals surface area contributed by atoms with E-state index in [2.05, 4.69) is 5.32 Å². The zero-order valence-electron chi connectivity index (χ0n) is 10.1. The normalized spacial score (nSPS) is 17.7. The van der Waals surface area contributed by atoms with Crippen molar-refractivity contribution >= 4 is 5.69 Å². The van der Waals surface area contributed by atoms with Crippen LogP contribution in [0.25, 0.3) is 0 Å². The third-order valence-corrected chi connectivity index (χ3v) is 3.35. The van der Waals surface area contributed by atoms with Crippen molar-refractivity contribution in [3.8, 4) is 0 Å². The lowest BCUT2D eigenvalue weighted by Crippen LogP contribution is -2.45. The van der Waals surface area contributed by atoms with Gasteiger partial charge in [-0.3, -0.25) is 0 Å². The summed E-state index contributed by atoms with van der Waals surface area (Å²) in [6.07, 6.45) is -2.29. The monoisotopic (exact) mass is 258 g/mol. The second kappa shape index (κ2) is 4.80. The van der Waals surface area contributed by atoms with Crippen LogP contribution in [0.5, 0.6) is 0 Å². The first-order valence-corrected chi connectivity index (χ1v) is 6.09. The van der Waals surface area contributed by atoms with E-state index in [1.54, 1.807) is 6.07 Å². The van der Waals surface area contributed by atoms with Crippen LogP contribution in [0.1, 0.15) is 24.8 Å². The van der Waals surface area contributed by atoms with E-state index in [1.165, 1.54) is 0 Å². The molecule has 1 fully saturated rings. The molecular formula is C13H17F3N2. The largest absolute Gasteiger partial charge is 0.406 e. The van der Waals surface area contributed by atoms with Crippen molar-refractivity contribution in [3.05, 3.63) is 29.8 Å². The predicted octanol–water partition coefficient (Wildman–Crippen LogP) is 2.89. The highest BCUT2D eigenvalue weighted by atomic mass is 19.4. The number of nitrogens with two attached hydrogens (primary N) is 1. The van der Waals surface area contributed by atoms with E-state index in [4.69, 9.17) is 5.73 Å². The van der Waals surface area contributed by atoms with Gasteiger partial charge in [0.15, 0.2) is 0 Å². The standard InChI is InChI=1S/C13H17F3N2/c14-13(15,16)12(6-7-12)18-8-2-4-10-3-1-5-11(17)9-10/h1,3,5,9,18H,2,4,6-8,17H2. The summed E-state index contributed by atoms with van der Waals surface area (Å²) in [6.45, 7) is 0.383. The molecule has 0 bridgehead atoms. The van der Waals surface area contributed by atoms with Gasteiger partial charge in [-0.25, -0.2) is 0 Å². The fourth-order valence-electron chi connectivity index (χ4n) is 2.05. The van der Waals surface area contributed by atoms with Gasteiger partial charge in [0.05, 0.1) is 0 Å².